The number of aliphatic carboxylic acids is 1. The Morgan fingerprint density at radius 3 is 2.53 bits per heavy atom. The number of carbonyl (C=O) groups is 2. The van der Waals surface area contributed by atoms with E-state index in [2.05, 4.69) is 0 Å². The molecule has 2 aliphatic heterocycles. The average molecular weight is 274 g/mol. The molecule has 3 atom stereocenters. The normalized spacial score (nSPS) is 41.0. The van der Waals surface area contributed by atoms with Crippen molar-refractivity contribution < 1.29 is 33.9 Å². The molecule has 0 aromatic rings. The van der Waals surface area contributed by atoms with Crippen molar-refractivity contribution >= 4 is 11.9 Å². The van der Waals surface area contributed by atoms with Crippen LogP contribution in [0.1, 0.15) is 40.0 Å². The van der Waals surface area contributed by atoms with Crippen LogP contribution in [0.4, 0.5) is 0 Å². The Labute approximate surface area is 110 Å². The molecule has 0 spiro atoms. The molecule has 0 saturated carbocycles. The van der Waals surface area contributed by atoms with Crippen LogP contribution in [-0.2, 0) is 28.8 Å². The highest BCUT2D eigenvalue weighted by atomic mass is 17.3. The molecular formula is C12H18O7. The SMILES string of the molecule is CCOC(=O)[C@@]1(CC(=O)O)CC[C@]2(C)OO[C@@]1(C)O2. The number of hydrogen-bond acceptors (Lipinski definition) is 6. The Hall–Kier alpha value is -1.18. The monoisotopic (exact) mass is 274 g/mol. The lowest BCUT2D eigenvalue weighted by molar-refractivity contribution is -0.352. The molecule has 0 aromatic heterocycles. The Bertz CT molecular complexity index is 409. The molecule has 2 bridgehead atoms. The maximum absolute atomic E-state index is 12.3. The molecule has 19 heavy (non-hydrogen) atoms. The van der Waals surface area contributed by atoms with E-state index in [1.165, 1.54) is 6.92 Å². The maximum atomic E-state index is 12.3. The van der Waals surface area contributed by atoms with Crippen LogP contribution in [0.25, 0.3) is 0 Å². The molecule has 108 valence electrons. The summed E-state index contributed by atoms with van der Waals surface area (Å²) in [6, 6.07) is 0. The number of carbonyl (C=O) groups excluding carboxylic acids is 1. The summed E-state index contributed by atoms with van der Waals surface area (Å²) in [5, 5.41) is 9.09. The third-order valence-electron chi connectivity index (χ3n) is 3.78. The minimum absolute atomic E-state index is 0.161. The topological polar surface area (TPSA) is 91.3 Å². The van der Waals surface area contributed by atoms with Crippen molar-refractivity contribution in [2.24, 2.45) is 5.41 Å². The minimum atomic E-state index is -1.45. The van der Waals surface area contributed by atoms with Crippen molar-refractivity contribution in [3.8, 4) is 0 Å². The van der Waals surface area contributed by atoms with Gasteiger partial charge in [0.05, 0.1) is 13.0 Å². The van der Waals surface area contributed by atoms with Crippen LogP contribution >= 0.6 is 0 Å². The van der Waals surface area contributed by atoms with E-state index >= 15 is 0 Å². The largest absolute Gasteiger partial charge is 0.481 e. The van der Waals surface area contributed by atoms with Crippen molar-refractivity contribution in [2.45, 2.75) is 51.6 Å². The number of carboxylic acids is 1. The molecule has 0 amide bonds. The fourth-order valence-electron chi connectivity index (χ4n) is 2.69. The molecule has 0 unspecified atom stereocenters. The molecule has 0 radical (unpaired) electrons. The van der Waals surface area contributed by atoms with Crippen LogP contribution in [-0.4, -0.2) is 35.2 Å². The van der Waals surface area contributed by atoms with Crippen LogP contribution in [0, 0.1) is 5.41 Å². The fraction of sp³-hybridized carbons (Fsp3) is 0.833. The highest BCUT2D eigenvalue weighted by molar-refractivity contribution is 5.84. The summed E-state index contributed by atoms with van der Waals surface area (Å²) in [5.41, 5.74) is -1.40. The first-order valence-corrected chi connectivity index (χ1v) is 6.23. The predicted molar refractivity (Wildman–Crippen MR) is 60.6 cm³/mol. The van der Waals surface area contributed by atoms with Gasteiger partial charge in [0.1, 0.15) is 5.41 Å². The number of rotatable bonds is 4. The number of fused-ring (bicyclic) bond motifs is 2. The summed E-state index contributed by atoms with van der Waals surface area (Å²) in [7, 11) is 0. The zero-order valence-corrected chi connectivity index (χ0v) is 11.2. The molecule has 2 heterocycles. The second kappa shape index (κ2) is 4.43. The maximum Gasteiger partial charge on any atom is 0.318 e. The van der Waals surface area contributed by atoms with Crippen LogP contribution < -0.4 is 0 Å². The standard InChI is InChI=1S/C12H18O7/c1-4-16-9(15)12(7-8(13)14)6-5-10(2)17-11(12,3)19-18-10/h4-7H2,1-3H3,(H,13,14)/t10-,11+,12-/m0/s1. The lowest BCUT2D eigenvalue weighted by Gasteiger charge is -2.44. The highest BCUT2D eigenvalue weighted by Gasteiger charge is 2.68. The number of ether oxygens (including phenoxy) is 2. The van der Waals surface area contributed by atoms with E-state index < -0.39 is 35.3 Å². The van der Waals surface area contributed by atoms with Crippen molar-refractivity contribution in [3.63, 3.8) is 0 Å². The van der Waals surface area contributed by atoms with Gasteiger partial charge in [-0.1, -0.05) is 0 Å². The van der Waals surface area contributed by atoms with Gasteiger partial charge in [0.15, 0.2) is 0 Å². The molecule has 7 heteroatoms. The number of esters is 1. The van der Waals surface area contributed by atoms with Gasteiger partial charge >= 0.3 is 11.9 Å². The van der Waals surface area contributed by atoms with Crippen molar-refractivity contribution in [2.75, 3.05) is 6.61 Å². The quantitative estimate of drug-likeness (QED) is 0.608. The van der Waals surface area contributed by atoms with E-state index in [4.69, 9.17) is 24.4 Å². The van der Waals surface area contributed by atoms with Crippen LogP contribution in [0.5, 0.6) is 0 Å². The molecule has 1 N–H and O–H groups in total. The molecule has 2 aliphatic rings. The summed E-state index contributed by atoms with van der Waals surface area (Å²) >= 11 is 0. The third-order valence-corrected chi connectivity index (χ3v) is 3.78. The van der Waals surface area contributed by atoms with E-state index in [0.29, 0.717) is 6.42 Å². The summed E-state index contributed by atoms with van der Waals surface area (Å²) in [6.45, 7) is 5.02. The number of hydrogen-bond donors (Lipinski definition) is 1. The zero-order valence-electron chi connectivity index (χ0n) is 11.2. The van der Waals surface area contributed by atoms with Gasteiger partial charge in [-0.15, -0.1) is 0 Å². The van der Waals surface area contributed by atoms with Gasteiger partial charge in [-0.25, -0.2) is 0 Å². The average Bonchev–Trinajstić information content (AvgIpc) is 2.57. The molecule has 2 fully saturated rings. The summed E-state index contributed by atoms with van der Waals surface area (Å²) in [5.74, 6) is -4.14. The van der Waals surface area contributed by atoms with E-state index in [1.54, 1.807) is 13.8 Å². The molecule has 0 aliphatic carbocycles. The second-order valence-electron chi connectivity index (χ2n) is 5.22. The molecule has 2 rings (SSSR count). The van der Waals surface area contributed by atoms with Crippen LogP contribution in [0.3, 0.4) is 0 Å². The second-order valence-corrected chi connectivity index (χ2v) is 5.22. The molecule has 0 aromatic carbocycles. The number of carboxylic acid groups (broad SMARTS) is 1. The zero-order chi connectivity index (χ0) is 14.3. The first-order valence-electron chi connectivity index (χ1n) is 6.23. The fourth-order valence-corrected chi connectivity index (χ4v) is 2.69. The third kappa shape index (κ3) is 2.11. The molecule has 7 nitrogen and oxygen atoms in total. The van der Waals surface area contributed by atoms with Gasteiger partial charge in [-0.2, -0.15) is 9.78 Å². The Balaban J connectivity index is 2.38. The van der Waals surface area contributed by atoms with Crippen LogP contribution in [0.2, 0.25) is 0 Å². The lowest BCUT2D eigenvalue weighted by Crippen LogP contribution is -2.58. The molecule has 2 saturated heterocycles. The van der Waals surface area contributed by atoms with Gasteiger partial charge < -0.3 is 14.6 Å². The Morgan fingerprint density at radius 1 is 1.26 bits per heavy atom. The van der Waals surface area contributed by atoms with Crippen molar-refractivity contribution in [1.29, 1.82) is 0 Å². The molecular weight excluding hydrogens is 256 g/mol. The summed E-state index contributed by atoms with van der Waals surface area (Å²) in [6.07, 6.45) is 0.196. The van der Waals surface area contributed by atoms with Gasteiger partial charge in [0, 0.05) is 6.42 Å². The van der Waals surface area contributed by atoms with Crippen LogP contribution in [0.15, 0.2) is 0 Å². The van der Waals surface area contributed by atoms with Crippen molar-refractivity contribution in [1.82, 2.24) is 0 Å². The van der Waals surface area contributed by atoms with E-state index in [1.807, 2.05) is 0 Å². The highest BCUT2D eigenvalue weighted by Crippen LogP contribution is 2.56. The Kier molecular flexibility index (Phi) is 3.32. The first-order chi connectivity index (χ1) is 8.77. The van der Waals surface area contributed by atoms with Gasteiger partial charge in [0.2, 0.25) is 11.6 Å². The van der Waals surface area contributed by atoms with Crippen molar-refractivity contribution in [3.05, 3.63) is 0 Å². The Morgan fingerprint density at radius 2 is 1.95 bits per heavy atom. The van der Waals surface area contributed by atoms with Gasteiger partial charge in [-0.3, -0.25) is 9.59 Å². The summed E-state index contributed by atoms with van der Waals surface area (Å²) in [4.78, 5) is 33.6. The predicted octanol–water partition coefficient (Wildman–Crippen LogP) is 1.22. The van der Waals surface area contributed by atoms with Gasteiger partial charge in [0.25, 0.3) is 0 Å². The van der Waals surface area contributed by atoms with E-state index in [0.717, 1.165) is 0 Å². The summed E-state index contributed by atoms with van der Waals surface area (Å²) < 4.78 is 10.7. The van der Waals surface area contributed by atoms with E-state index in [-0.39, 0.29) is 13.0 Å². The lowest BCUT2D eigenvalue weighted by atomic mass is 9.70. The van der Waals surface area contributed by atoms with E-state index in [9.17, 15) is 9.59 Å². The van der Waals surface area contributed by atoms with Gasteiger partial charge in [-0.05, 0) is 27.2 Å². The smallest absolute Gasteiger partial charge is 0.318 e. The first kappa shape index (κ1) is 14.2. The minimum Gasteiger partial charge on any atom is -0.481 e.